The first-order chi connectivity index (χ1) is 8.95. The van der Waals surface area contributed by atoms with Gasteiger partial charge in [-0.3, -0.25) is 0 Å². The highest BCUT2D eigenvalue weighted by molar-refractivity contribution is 4.76. The van der Waals surface area contributed by atoms with Crippen LogP contribution in [0.5, 0.6) is 0 Å². The van der Waals surface area contributed by atoms with Crippen molar-refractivity contribution in [2.75, 3.05) is 19.8 Å². The Kier molecular flexibility index (Phi) is 7.07. The molecule has 114 valence electrons. The van der Waals surface area contributed by atoms with Crippen LogP contribution in [-0.2, 0) is 4.74 Å². The molecule has 1 unspecified atom stereocenters. The number of alkyl halides is 4. The average Bonchev–Trinajstić information content (AvgIpc) is 2.81. The third-order valence-electron chi connectivity index (χ3n) is 3.52. The smallest absolute Gasteiger partial charge is 0.330 e. The maximum Gasteiger partial charge on any atom is 0.330 e. The SMILES string of the molecule is CCNC(COCC(F)(F)C(F)F)CC1CCCC1. The molecule has 0 aromatic rings. The van der Waals surface area contributed by atoms with E-state index >= 15 is 0 Å². The predicted molar refractivity (Wildman–Crippen MR) is 65.8 cm³/mol. The second-order valence-corrected chi connectivity index (χ2v) is 5.22. The number of nitrogens with one attached hydrogen (secondary N) is 1. The molecule has 1 N–H and O–H groups in total. The third kappa shape index (κ3) is 6.08. The molecule has 2 nitrogen and oxygen atoms in total. The van der Waals surface area contributed by atoms with Crippen molar-refractivity contribution in [2.45, 2.75) is 57.4 Å². The molecule has 0 heterocycles. The van der Waals surface area contributed by atoms with E-state index in [2.05, 4.69) is 5.32 Å². The van der Waals surface area contributed by atoms with Crippen LogP contribution in [0, 0.1) is 5.92 Å². The topological polar surface area (TPSA) is 21.3 Å². The molecule has 1 rings (SSSR count). The molecule has 0 radical (unpaired) electrons. The molecule has 0 bridgehead atoms. The Labute approximate surface area is 111 Å². The van der Waals surface area contributed by atoms with E-state index in [-0.39, 0.29) is 12.6 Å². The van der Waals surface area contributed by atoms with Crippen LogP contribution in [0.4, 0.5) is 17.6 Å². The summed E-state index contributed by atoms with van der Waals surface area (Å²) in [5.74, 6) is -3.45. The highest BCUT2D eigenvalue weighted by Crippen LogP contribution is 2.29. The van der Waals surface area contributed by atoms with Crippen LogP contribution >= 0.6 is 0 Å². The molecule has 1 aliphatic carbocycles. The van der Waals surface area contributed by atoms with Gasteiger partial charge < -0.3 is 10.1 Å². The fraction of sp³-hybridized carbons (Fsp3) is 1.00. The minimum absolute atomic E-state index is 0.0263. The van der Waals surface area contributed by atoms with E-state index in [1.165, 1.54) is 12.8 Å². The molecule has 0 amide bonds. The Hall–Kier alpha value is -0.360. The second kappa shape index (κ2) is 8.04. The van der Waals surface area contributed by atoms with Gasteiger partial charge in [-0.05, 0) is 18.9 Å². The summed E-state index contributed by atoms with van der Waals surface area (Å²) in [5.41, 5.74) is 0. The zero-order valence-corrected chi connectivity index (χ0v) is 11.3. The lowest BCUT2D eigenvalue weighted by molar-refractivity contribution is -0.167. The van der Waals surface area contributed by atoms with Crippen molar-refractivity contribution >= 4 is 0 Å². The van der Waals surface area contributed by atoms with Crippen LogP contribution in [0.15, 0.2) is 0 Å². The molecule has 0 spiro atoms. The highest BCUT2D eigenvalue weighted by Gasteiger charge is 2.41. The number of halogens is 4. The third-order valence-corrected chi connectivity index (χ3v) is 3.52. The minimum Gasteiger partial charge on any atom is -0.373 e. The first-order valence-corrected chi connectivity index (χ1v) is 6.92. The maximum atomic E-state index is 12.7. The lowest BCUT2D eigenvalue weighted by Crippen LogP contribution is -2.38. The zero-order chi connectivity index (χ0) is 14.3. The first kappa shape index (κ1) is 16.7. The van der Waals surface area contributed by atoms with Gasteiger partial charge in [0, 0.05) is 6.04 Å². The molecule has 0 aromatic heterocycles. The molecular formula is C13H23F4NO. The Morgan fingerprint density at radius 3 is 2.42 bits per heavy atom. The fourth-order valence-electron chi connectivity index (χ4n) is 2.55. The van der Waals surface area contributed by atoms with Gasteiger partial charge >= 0.3 is 12.3 Å². The Balaban J connectivity index is 2.28. The van der Waals surface area contributed by atoms with Gasteiger partial charge in [-0.1, -0.05) is 32.6 Å². The largest absolute Gasteiger partial charge is 0.373 e. The minimum atomic E-state index is -4.05. The molecule has 1 saturated carbocycles. The zero-order valence-electron chi connectivity index (χ0n) is 11.3. The molecule has 1 fully saturated rings. The van der Waals surface area contributed by atoms with Gasteiger partial charge in [-0.2, -0.15) is 8.78 Å². The van der Waals surface area contributed by atoms with E-state index in [1.54, 1.807) is 0 Å². The van der Waals surface area contributed by atoms with E-state index in [9.17, 15) is 17.6 Å². The van der Waals surface area contributed by atoms with Crippen LogP contribution in [0.25, 0.3) is 0 Å². The van der Waals surface area contributed by atoms with Gasteiger partial charge in [0.25, 0.3) is 0 Å². The number of rotatable bonds is 9. The Bertz CT molecular complexity index is 245. The van der Waals surface area contributed by atoms with Crippen LogP contribution < -0.4 is 5.32 Å². The Morgan fingerprint density at radius 2 is 1.89 bits per heavy atom. The van der Waals surface area contributed by atoms with Crippen molar-refractivity contribution in [3.8, 4) is 0 Å². The van der Waals surface area contributed by atoms with Gasteiger partial charge in [-0.15, -0.1) is 0 Å². The van der Waals surface area contributed by atoms with E-state index in [0.29, 0.717) is 12.5 Å². The van der Waals surface area contributed by atoms with Crippen LogP contribution in [0.3, 0.4) is 0 Å². The molecule has 19 heavy (non-hydrogen) atoms. The predicted octanol–water partition coefficient (Wildman–Crippen LogP) is 3.46. The van der Waals surface area contributed by atoms with Gasteiger partial charge in [-0.25, -0.2) is 8.78 Å². The first-order valence-electron chi connectivity index (χ1n) is 6.92. The van der Waals surface area contributed by atoms with E-state index in [4.69, 9.17) is 4.74 Å². The molecule has 1 atom stereocenters. The normalized spacial score (nSPS) is 19.3. The second-order valence-electron chi connectivity index (χ2n) is 5.22. The summed E-state index contributed by atoms with van der Waals surface area (Å²) < 4.78 is 54.1. The summed E-state index contributed by atoms with van der Waals surface area (Å²) in [6, 6.07) is -0.0263. The van der Waals surface area contributed by atoms with Crippen molar-refractivity contribution in [1.82, 2.24) is 5.32 Å². The molecule has 0 aromatic carbocycles. The van der Waals surface area contributed by atoms with Crippen LogP contribution in [0.2, 0.25) is 0 Å². The standard InChI is InChI=1S/C13H23F4NO/c1-2-18-11(7-10-5-3-4-6-10)8-19-9-13(16,17)12(14)15/h10-12,18H,2-9H2,1H3. The number of likely N-dealkylation sites (N-methyl/N-ethyl adjacent to an activating group) is 1. The molecule has 0 aliphatic heterocycles. The maximum absolute atomic E-state index is 12.7. The van der Waals surface area contributed by atoms with E-state index in [0.717, 1.165) is 19.3 Å². The van der Waals surface area contributed by atoms with Crippen molar-refractivity contribution in [3.05, 3.63) is 0 Å². The van der Waals surface area contributed by atoms with Gasteiger partial charge in [0.05, 0.1) is 6.61 Å². The number of hydrogen-bond acceptors (Lipinski definition) is 2. The summed E-state index contributed by atoms with van der Waals surface area (Å²) >= 11 is 0. The average molecular weight is 285 g/mol. The van der Waals surface area contributed by atoms with Gasteiger partial charge in [0.2, 0.25) is 0 Å². The molecule has 0 saturated heterocycles. The lowest BCUT2D eigenvalue weighted by atomic mass is 9.99. The summed E-state index contributed by atoms with van der Waals surface area (Å²) in [4.78, 5) is 0. The fourth-order valence-corrected chi connectivity index (χ4v) is 2.55. The summed E-state index contributed by atoms with van der Waals surface area (Å²) in [6.07, 6.45) is 1.96. The molecular weight excluding hydrogens is 262 g/mol. The van der Waals surface area contributed by atoms with Crippen molar-refractivity contribution < 1.29 is 22.3 Å². The number of hydrogen-bond donors (Lipinski definition) is 1. The summed E-state index contributed by atoms with van der Waals surface area (Å²) in [7, 11) is 0. The van der Waals surface area contributed by atoms with E-state index < -0.39 is 19.0 Å². The molecule has 1 aliphatic rings. The van der Waals surface area contributed by atoms with Gasteiger partial charge in [0.15, 0.2) is 0 Å². The van der Waals surface area contributed by atoms with Crippen LogP contribution in [-0.4, -0.2) is 38.1 Å². The lowest BCUT2D eigenvalue weighted by Gasteiger charge is -2.23. The highest BCUT2D eigenvalue weighted by atomic mass is 19.3. The summed E-state index contributed by atoms with van der Waals surface area (Å²) in [5, 5.41) is 3.17. The van der Waals surface area contributed by atoms with Gasteiger partial charge in [0.1, 0.15) is 6.61 Å². The number of ether oxygens (including phenoxy) is 1. The molecule has 6 heteroatoms. The van der Waals surface area contributed by atoms with E-state index in [1.807, 2.05) is 6.92 Å². The quantitative estimate of drug-likeness (QED) is 0.655. The van der Waals surface area contributed by atoms with Crippen molar-refractivity contribution in [3.63, 3.8) is 0 Å². The monoisotopic (exact) mass is 285 g/mol. The van der Waals surface area contributed by atoms with Crippen molar-refractivity contribution in [2.24, 2.45) is 5.92 Å². The van der Waals surface area contributed by atoms with Crippen molar-refractivity contribution in [1.29, 1.82) is 0 Å². The summed E-state index contributed by atoms with van der Waals surface area (Å²) in [6.45, 7) is 1.49. The Morgan fingerprint density at radius 1 is 1.26 bits per heavy atom. The van der Waals surface area contributed by atoms with Crippen LogP contribution in [0.1, 0.15) is 39.0 Å².